The van der Waals surface area contributed by atoms with E-state index < -0.39 is 11.9 Å². The third-order valence-electron chi connectivity index (χ3n) is 5.12. The Labute approximate surface area is 202 Å². The zero-order valence-electron chi connectivity index (χ0n) is 19.6. The zero-order chi connectivity index (χ0) is 24.8. The third-order valence-corrected chi connectivity index (χ3v) is 5.12. The summed E-state index contributed by atoms with van der Waals surface area (Å²) >= 11 is 0. The van der Waals surface area contributed by atoms with E-state index in [1.54, 1.807) is 47.3 Å². The molecule has 0 saturated heterocycles. The van der Waals surface area contributed by atoms with Gasteiger partial charge in [0.25, 0.3) is 5.91 Å². The Morgan fingerprint density at radius 3 is 2.57 bits per heavy atom. The highest BCUT2D eigenvalue weighted by Crippen LogP contribution is 2.20. The van der Waals surface area contributed by atoms with Crippen LogP contribution in [-0.2, 0) is 18.1 Å². The average Bonchev–Trinajstić information content (AvgIpc) is 3.52. The van der Waals surface area contributed by atoms with Crippen LogP contribution < -0.4 is 14.8 Å². The molecule has 0 spiro atoms. The number of methoxy groups -OCH3 is 1. The number of aromatic nitrogens is 2. The Bertz CT molecular complexity index is 1320. The molecule has 1 amide bonds. The topological polar surface area (TPSA) is 105 Å². The first-order chi connectivity index (χ1) is 16.9. The van der Waals surface area contributed by atoms with Crippen molar-refractivity contribution in [3.63, 3.8) is 0 Å². The Kier molecular flexibility index (Phi) is 7.15. The van der Waals surface area contributed by atoms with Gasteiger partial charge >= 0.3 is 5.97 Å². The normalized spacial score (nSPS) is 10.6. The molecule has 0 unspecified atom stereocenters. The molecule has 0 saturated carbocycles. The fourth-order valence-corrected chi connectivity index (χ4v) is 3.33. The van der Waals surface area contributed by atoms with Gasteiger partial charge in [-0.3, -0.25) is 4.79 Å². The van der Waals surface area contributed by atoms with E-state index in [0.29, 0.717) is 22.8 Å². The summed E-state index contributed by atoms with van der Waals surface area (Å²) in [5.74, 6) is 1.12. The minimum absolute atomic E-state index is 0.124. The van der Waals surface area contributed by atoms with E-state index >= 15 is 0 Å². The fraction of sp³-hybridized carbons (Fsp3) is 0.192. The van der Waals surface area contributed by atoms with Crippen molar-refractivity contribution in [2.24, 2.45) is 0 Å². The number of hydrogen-bond acceptors (Lipinski definition) is 7. The van der Waals surface area contributed by atoms with Gasteiger partial charge in [0.05, 0.1) is 30.8 Å². The monoisotopic (exact) mass is 475 g/mol. The minimum Gasteiger partial charge on any atom is -0.486 e. The van der Waals surface area contributed by atoms with Crippen LogP contribution in [0.25, 0.3) is 0 Å². The lowest BCUT2D eigenvalue weighted by Crippen LogP contribution is -2.10. The van der Waals surface area contributed by atoms with Crippen LogP contribution in [0.15, 0.2) is 71.4 Å². The molecule has 35 heavy (non-hydrogen) atoms. The van der Waals surface area contributed by atoms with Crippen molar-refractivity contribution in [3.05, 3.63) is 95.2 Å². The van der Waals surface area contributed by atoms with E-state index in [1.807, 2.05) is 32.0 Å². The van der Waals surface area contributed by atoms with Gasteiger partial charge in [0.2, 0.25) is 0 Å². The number of hydrogen-bond donors (Lipinski definition) is 1. The second kappa shape index (κ2) is 10.6. The SMILES string of the molecule is COC(=O)c1ccc(OCc2ccc(C(=O)Nc3cnn(COc4ccc(C)cc4C)c3)o2)cc1. The number of ether oxygens (including phenoxy) is 3. The number of benzene rings is 2. The lowest BCUT2D eigenvalue weighted by atomic mass is 10.1. The molecule has 2 heterocycles. The van der Waals surface area contributed by atoms with Crippen LogP contribution in [0.5, 0.6) is 11.5 Å². The van der Waals surface area contributed by atoms with Gasteiger partial charge in [0.15, 0.2) is 12.5 Å². The van der Waals surface area contributed by atoms with E-state index in [-0.39, 0.29) is 19.1 Å². The van der Waals surface area contributed by atoms with Crippen LogP contribution in [0.1, 0.15) is 37.8 Å². The Hall–Kier alpha value is -4.53. The second-order valence-electron chi connectivity index (χ2n) is 7.84. The first-order valence-electron chi connectivity index (χ1n) is 10.8. The van der Waals surface area contributed by atoms with Gasteiger partial charge in [0, 0.05) is 0 Å². The number of carbonyl (C=O) groups is 2. The molecule has 0 aliphatic carbocycles. The molecular formula is C26H25N3O6. The minimum atomic E-state index is -0.419. The lowest BCUT2D eigenvalue weighted by molar-refractivity contribution is 0.0600. The second-order valence-corrected chi connectivity index (χ2v) is 7.84. The predicted octanol–water partition coefficient (Wildman–Crippen LogP) is 4.75. The number of nitrogens with zero attached hydrogens (tertiary/aromatic N) is 2. The summed E-state index contributed by atoms with van der Waals surface area (Å²) in [5.41, 5.74) is 3.15. The third kappa shape index (κ3) is 6.08. The van der Waals surface area contributed by atoms with Crippen LogP contribution in [-0.4, -0.2) is 28.8 Å². The first kappa shape index (κ1) is 23.6. The molecule has 0 aliphatic rings. The standard InChI is InChI=1S/C26H25N3O6/c1-17-4-10-23(18(2)12-17)34-16-29-14-20(13-27-29)28-25(30)24-11-9-22(35-24)15-33-21-7-5-19(6-8-21)26(31)32-3/h4-14H,15-16H2,1-3H3,(H,28,30). The maximum absolute atomic E-state index is 12.5. The van der Waals surface area contributed by atoms with Crippen molar-refractivity contribution in [3.8, 4) is 11.5 Å². The number of esters is 1. The van der Waals surface area contributed by atoms with Gasteiger partial charge in [-0.1, -0.05) is 17.7 Å². The number of aryl methyl sites for hydroxylation is 2. The molecule has 9 nitrogen and oxygen atoms in total. The number of amides is 1. The molecule has 0 fully saturated rings. The molecule has 1 N–H and O–H groups in total. The van der Waals surface area contributed by atoms with Gasteiger partial charge in [-0.15, -0.1) is 0 Å². The summed E-state index contributed by atoms with van der Waals surface area (Å²) in [4.78, 5) is 24.0. The largest absolute Gasteiger partial charge is 0.486 e. The van der Waals surface area contributed by atoms with E-state index in [2.05, 4.69) is 15.2 Å². The molecule has 2 aromatic carbocycles. The summed E-state index contributed by atoms with van der Waals surface area (Å²) < 4.78 is 23.3. The highest BCUT2D eigenvalue weighted by Gasteiger charge is 2.13. The maximum atomic E-state index is 12.5. The number of nitrogens with one attached hydrogen (secondary N) is 1. The quantitative estimate of drug-likeness (QED) is 0.348. The molecule has 9 heteroatoms. The van der Waals surface area contributed by atoms with Gasteiger partial charge in [-0.2, -0.15) is 5.10 Å². The summed E-state index contributed by atoms with van der Waals surface area (Å²) in [5, 5.41) is 6.96. The van der Waals surface area contributed by atoms with Crippen LogP contribution in [0.2, 0.25) is 0 Å². The highest BCUT2D eigenvalue weighted by atomic mass is 16.5. The van der Waals surface area contributed by atoms with Crippen LogP contribution in [0.3, 0.4) is 0 Å². The molecule has 0 bridgehead atoms. The molecule has 0 radical (unpaired) electrons. The number of rotatable bonds is 9. The molecule has 180 valence electrons. The van der Waals surface area contributed by atoms with Crippen molar-refractivity contribution >= 4 is 17.6 Å². The molecule has 4 rings (SSSR count). The first-order valence-corrected chi connectivity index (χ1v) is 10.8. The number of anilines is 1. The van der Waals surface area contributed by atoms with Crippen molar-refractivity contribution in [2.45, 2.75) is 27.2 Å². The van der Waals surface area contributed by atoms with E-state index in [9.17, 15) is 9.59 Å². The molecule has 0 aliphatic heterocycles. The van der Waals surface area contributed by atoms with Gasteiger partial charge in [0.1, 0.15) is 23.9 Å². The van der Waals surface area contributed by atoms with Crippen molar-refractivity contribution in [1.82, 2.24) is 9.78 Å². The van der Waals surface area contributed by atoms with E-state index in [0.717, 1.165) is 11.3 Å². The van der Waals surface area contributed by atoms with E-state index in [1.165, 1.54) is 18.9 Å². The van der Waals surface area contributed by atoms with Crippen LogP contribution >= 0.6 is 0 Å². The summed E-state index contributed by atoms with van der Waals surface area (Å²) in [7, 11) is 1.32. The smallest absolute Gasteiger partial charge is 0.337 e. The molecule has 4 aromatic rings. The van der Waals surface area contributed by atoms with Crippen molar-refractivity contribution in [1.29, 1.82) is 0 Å². The van der Waals surface area contributed by atoms with Crippen LogP contribution in [0, 0.1) is 13.8 Å². The van der Waals surface area contributed by atoms with E-state index in [4.69, 9.17) is 13.9 Å². The lowest BCUT2D eigenvalue weighted by Gasteiger charge is -2.09. The highest BCUT2D eigenvalue weighted by molar-refractivity contribution is 6.02. The Balaban J connectivity index is 1.28. The van der Waals surface area contributed by atoms with Crippen molar-refractivity contribution in [2.75, 3.05) is 12.4 Å². The predicted molar refractivity (Wildman–Crippen MR) is 128 cm³/mol. The Morgan fingerprint density at radius 1 is 1.03 bits per heavy atom. The summed E-state index contributed by atoms with van der Waals surface area (Å²) in [6.45, 7) is 4.35. The number of furan rings is 1. The molecule has 0 atom stereocenters. The zero-order valence-corrected chi connectivity index (χ0v) is 19.6. The number of carbonyl (C=O) groups excluding carboxylic acids is 2. The molecular weight excluding hydrogens is 450 g/mol. The van der Waals surface area contributed by atoms with Gasteiger partial charge in [-0.05, 0) is 61.9 Å². The maximum Gasteiger partial charge on any atom is 0.337 e. The molecule has 2 aromatic heterocycles. The van der Waals surface area contributed by atoms with Crippen molar-refractivity contribution < 1.29 is 28.2 Å². The Morgan fingerprint density at radius 2 is 1.83 bits per heavy atom. The van der Waals surface area contributed by atoms with Gasteiger partial charge < -0.3 is 23.9 Å². The fourth-order valence-electron chi connectivity index (χ4n) is 3.33. The van der Waals surface area contributed by atoms with Gasteiger partial charge in [-0.25, -0.2) is 9.48 Å². The summed E-state index contributed by atoms with van der Waals surface area (Å²) in [6.07, 6.45) is 3.21. The average molecular weight is 476 g/mol. The van der Waals surface area contributed by atoms with Crippen LogP contribution in [0.4, 0.5) is 5.69 Å². The summed E-state index contributed by atoms with van der Waals surface area (Å²) in [6, 6.07) is 15.7.